The lowest BCUT2D eigenvalue weighted by molar-refractivity contribution is 0.145. The number of para-hydroxylation sites is 1. The summed E-state index contributed by atoms with van der Waals surface area (Å²) in [6, 6.07) is 13.2. The van der Waals surface area contributed by atoms with E-state index in [0.717, 1.165) is 47.5 Å². The topological polar surface area (TPSA) is 79.5 Å². The Morgan fingerprint density at radius 2 is 2.07 bits per heavy atom. The monoisotopic (exact) mass is 380 g/mol. The van der Waals surface area contributed by atoms with Crippen LogP contribution in [0.15, 0.2) is 48.7 Å². The molecule has 1 aliphatic rings. The number of benzene rings is 2. The van der Waals surface area contributed by atoms with Crippen molar-refractivity contribution in [3.05, 3.63) is 48.7 Å². The van der Waals surface area contributed by atoms with E-state index in [9.17, 15) is 4.79 Å². The van der Waals surface area contributed by atoms with E-state index < -0.39 is 0 Å². The van der Waals surface area contributed by atoms with E-state index in [1.807, 2.05) is 47.4 Å². The van der Waals surface area contributed by atoms with Crippen LogP contribution in [0.25, 0.3) is 10.9 Å². The molecule has 0 unspecified atom stereocenters. The lowest BCUT2D eigenvalue weighted by atomic mass is 9.99. The zero-order valence-electron chi connectivity index (χ0n) is 15.9. The third-order valence-electron chi connectivity index (χ3n) is 5.07. The summed E-state index contributed by atoms with van der Waals surface area (Å²) in [5.74, 6) is 1.93. The van der Waals surface area contributed by atoms with E-state index in [1.165, 1.54) is 0 Å². The number of amides is 2. The molecular formula is C21H24N4O3. The fourth-order valence-electron chi connectivity index (χ4n) is 3.54. The molecule has 0 bridgehead atoms. The van der Waals surface area contributed by atoms with Gasteiger partial charge in [-0.15, -0.1) is 0 Å². The van der Waals surface area contributed by atoms with Crippen molar-refractivity contribution in [3.63, 3.8) is 0 Å². The summed E-state index contributed by atoms with van der Waals surface area (Å²) in [6.07, 6.45) is 3.77. The molecule has 0 aliphatic carbocycles. The Labute approximate surface area is 163 Å². The van der Waals surface area contributed by atoms with E-state index in [1.54, 1.807) is 13.3 Å². The molecule has 2 heterocycles. The quantitative estimate of drug-likeness (QED) is 0.704. The second-order valence-corrected chi connectivity index (χ2v) is 7.01. The van der Waals surface area contributed by atoms with Crippen molar-refractivity contribution in [3.8, 4) is 11.5 Å². The van der Waals surface area contributed by atoms with Crippen molar-refractivity contribution in [1.82, 2.24) is 15.1 Å². The van der Waals surface area contributed by atoms with E-state index in [-0.39, 0.29) is 6.03 Å². The largest absolute Gasteiger partial charge is 0.497 e. The molecule has 28 heavy (non-hydrogen) atoms. The average molecular weight is 380 g/mol. The van der Waals surface area contributed by atoms with Gasteiger partial charge in [-0.2, -0.15) is 5.10 Å². The van der Waals surface area contributed by atoms with Crippen LogP contribution in [-0.4, -0.2) is 47.9 Å². The van der Waals surface area contributed by atoms with Crippen LogP contribution < -0.4 is 14.8 Å². The first-order valence-electron chi connectivity index (χ1n) is 9.48. The van der Waals surface area contributed by atoms with Gasteiger partial charge in [0.2, 0.25) is 0 Å². The second kappa shape index (κ2) is 8.21. The van der Waals surface area contributed by atoms with E-state index in [2.05, 4.69) is 15.5 Å². The van der Waals surface area contributed by atoms with Crippen molar-refractivity contribution in [1.29, 1.82) is 0 Å². The number of aromatic nitrogens is 2. The number of fused-ring (bicyclic) bond motifs is 1. The molecule has 0 radical (unpaired) electrons. The minimum Gasteiger partial charge on any atom is -0.497 e. The highest BCUT2D eigenvalue weighted by Crippen LogP contribution is 2.23. The van der Waals surface area contributed by atoms with Gasteiger partial charge in [0, 0.05) is 24.4 Å². The fraction of sp³-hybridized carbons (Fsp3) is 0.333. The van der Waals surface area contributed by atoms with Crippen molar-refractivity contribution < 1.29 is 14.3 Å². The van der Waals surface area contributed by atoms with Gasteiger partial charge in [0.25, 0.3) is 0 Å². The average Bonchev–Trinajstić information content (AvgIpc) is 3.23. The molecular weight excluding hydrogens is 356 g/mol. The Kier molecular flexibility index (Phi) is 5.32. The number of ether oxygens (including phenoxy) is 2. The maximum Gasteiger partial charge on any atom is 0.321 e. The van der Waals surface area contributed by atoms with Gasteiger partial charge in [-0.1, -0.05) is 12.1 Å². The van der Waals surface area contributed by atoms with Crippen molar-refractivity contribution in [2.24, 2.45) is 5.92 Å². The standard InChI is InChI=1S/C21H24N4O3/c1-27-17-7-9-18(10-8-17)28-14-15-4-3-11-25(13-15)21(26)23-19-6-2-5-16-12-22-24-20(16)19/h2,5-10,12,15H,3-4,11,13-14H2,1H3,(H,22,24)(H,23,26)/t15-/m0/s1. The predicted molar refractivity (Wildman–Crippen MR) is 108 cm³/mol. The van der Waals surface area contributed by atoms with Crippen LogP contribution in [0.4, 0.5) is 10.5 Å². The number of rotatable bonds is 5. The van der Waals surface area contributed by atoms with Crippen LogP contribution in [0.3, 0.4) is 0 Å². The molecule has 1 aromatic heterocycles. The van der Waals surface area contributed by atoms with Gasteiger partial charge in [-0.25, -0.2) is 4.79 Å². The minimum atomic E-state index is -0.0868. The molecule has 1 aliphatic heterocycles. The van der Waals surface area contributed by atoms with Crippen LogP contribution >= 0.6 is 0 Å². The first kappa shape index (κ1) is 18.2. The summed E-state index contributed by atoms with van der Waals surface area (Å²) < 4.78 is 11.1. The maximum absolute atomic E-state index is 12.7. The summed E-state index contributed by atoms with van der Waals surface area (Å²) in [6.45, 7) is 2.02. The number of piperidine rings is 1. The summed E-state index contributed by atoms with van der Waals surface area (Å²) in [5.41, 5.74) is 1.59. The second-order valence-electron chi connectivity index (χ2n) is 7.01. The van der Waals surface area contributed by atoms with Crippen molar-refractivity contribution >= 4 is 22.6 Å². The van der Waals surface area contributed by atoms with Crippen LogP contribution in [0, 0.1) is 5.92 Å². The summed E-state index contributed by atoms with van der Waals surface area (Å²) in [7, 11) is 1.64. The highest BCUT2D eigenvalue weighted by molar-refractivity contribution is 5.99. The fourth-order valence-corrected chi connectivity index (χ4v) is 3.54. The van der Waals surface area contributed by atoms with Gasteiger partial charge in [-0.05, 0) is 43.2 Å². The molecule has 4 rings (SSSR count). The third kappa shape index (κ3) is 4.03. The number of aromatic amines is 1. The number of hydrogen-bond donors (Lipinski definition) is 2. The zero-order chi connectivity index (χ0) is 19.3. The highest BCUT2D eigenvalue weighted by Gasteiger charge is 2.24. The number of H-pyrrole nitrogens is 1. The number of nitrogens with zero attached hydrogens (tertiary/aromatic N) is 2. The van der Waals surface area contributed by atoms with Crippen LogP contribution in [0.1, 0.15) is 12.8 Å². The van der Waals surface area contributed by atoms with Crippen LogP contribution in [0.5, 0.6) is 11.5 Å². The third-order valence-corrected chi connectivity index (χ3v) is 5.07. The van der Waals surface area contributed by atoms with Gasteiger partial charge in [0.05, 0.1) is 31.1 Å². The Morgan fingerprint density at radius 1 is 1.25 bits per heavy atom. The van der Waals surface area contributed by atoms with Crippen molar-refractivity contribution in [2.45, 2.75) is 12.8 Å². The summed E-state index contributed by atoms with van der Waals surface area (Å²) in [4.78, 5) is 14.6. The van der Waals surface area contributed by atoms with E-state index >= 15 is 0 Å². The molecule has 0 spiro atoms. The normalized spacial score (nSPS) is 16.8. The number of anilines is 1. The number of hydrogen-bond acceptors (Lipinski definition) is 4. The molecule has 2 N–H and O–H groups in total. The summed E-state index contributed by atoms with van der Waals surface area (Å²) >= 11 is 0. The van der Waals surface area contributed by atoms with Gasteiger partial charge < -0.3 is 19.7 Å². The van der Waals surface area contributed by atoms with E-state index in [0.29, 0.717) is 19.1 Å². The number of likely N-dealkylation sites (tertiary alicyclic amines) is 1. The molecule has 1 saturated heterocycles. The van der Waals surface area contributed by atoms with Crippen LogP contribution in [0.2, 0.25) is 0 Å². The van der Waals surface area contributed by atoms with Gasteiger partial charge >= 0.3 is 6.03 Å². The zero-order valence-corrected chi connectivity index (χ0v) is 15.9. The molecule has 146 valence electrons. The molecule has 7 nitrogen and oxygen atoms in total. The number of urea groups is 1. The Morgan fingerprint density at radius 3 is 2.89 bits per heavy atom. The molecule has 1 fully saturated rings. The van der Waals surface area contributed by atoms with Gasteiger partial charge in [0.15, 0.2) is 0 Å². The number of carbonyl (C=O) groups is 1. The summed E-state index contributed by atoms with van der Waals surface area (Å²) in [5, 5.41) is 11.0. The molecule has 2 amide bonds. The highest BCUT2D eigenvalue weighted by atomic mass is 16.5. The molecule has 1 atom stereocenters. The molecule has 0 saturated carbocycles. The maximum atomic E-state index is 12.7. The first-order chi connectivity index (χ1) is 13.7. The lowest BCUT2D eigenvalue weighted by Gasteiger charge is -2.32. The van der Waals surface area contributed by atoms with Crippen molar-refractivity contribution in [2.75, 3.05) is 32.1 Å². The Bertz CT molecular complexity index is 938. The minimum absolute atomic E-state index is 0.0868. The number of carbonyl (C=O) groups excluding carboxylic acids is 1. The SMILES string of the molecule is COc1ccc(OC[C@H]2CCCN(C(=O)Nc3cccc4cn[nH]c34)C2)cc1. The Balaban J connectivity index is 1.33. The number of methoxy groups -OCH3 is 1. The van der Waals surface area contributed by atoms with Gasteiger partial charge in [0.1, 0.15) is 11.5 Å². The van der Waals surface area contributed by atoms with E-state index in [4.69, 9.17) is 9.47 Å². The number of nitrogens with one attached hydrogen (secondary N) is 2. The smallest absolute Gasteiger partial charge is 0.321 e. The van der Waals surface area contributed by atoms with Gasteiger partial charge in [-0.3, -0.25) is 5.10 Å². The Hall–Kier alpha value is -3.22. The van der Waals surface area contributed by atoms with Crippen LogP contribution in [-0.2, 0) is 0 Å². The first-order valence-corrected chi connectivity index (χ1v) is 9.48. The molecule has 2 aromatic carbocycles. The lowest BCUT2D eigenvalue weighted by Crippen LogP contribution is -2.43. The molecule has 7 heteroatoms. The predicted octanol–water partition coefficient (Wildman–Crippen LogP) is 3.89. The molecule has 3 aromatic rings.